The number of nitrogens with two attached hydrogens (primary N) is 1. The number of nitrogens with one attached hydrogen (secondary N) is 1. The Labute approximate surface area is 133 Å². The summed E-state index contributed by atoms with van der Waals surface area (Å²) in [5.41, 5.74) is 4.94. The van der Waals surface area contributed by atoms with Crippen molar-refractivity contribution in [3.05, 3.63) is 20.0 Å². The van der Waals surface area contributed by atoms with Crippen molar-refractivity contribution < 1.29 is 9.84 Å². The van der Waals surface area contributed by atoms with Crippen molar-refractivity contribution in [2.45, 2.75) is 43.3 Å². The molecule has 0 aliphatic carbocycles. The summed E-state index contributed by atoms with van der Waals surface area (Å²) in [5, 5.41) is 9.87. The fourth-order valence-electron chi connectivity index (χ4n) is 2.37. The minimum absolute atomic E-state index is 0.0486. The zero-order valence-electron chi connectivity index (χ0n) is 12.0. The first kappa shape index (κ1) is 15.5. The molecule has 2 aromatic heterocycles. The number of rotatable bonds is 3. The quantitative estimate of drug-likeness (QED) is 0.740. The second-order valence-corrected chi connectivity index (χ2v) is 7.50. The normalized spacial score (nSPS) is 26.6. The van der Waals surface area contributed by atoms with Gasteiger partial charge in [-0.3, -0.25) is 19.1 Å². The summed E-state index contributed by atoms with van der Waals surface area (Å²) in [7, 11) is 0. The van der Waals surface area contributed by atoms with Crippen molar-refractivity contribution in [2.75, 3.05) is 5.73 Å². The summed E-state index contributed by atoms with van der Waals surface area (Å²) in [5.74, 6) is -0.0486. The number of fused-ring (bicyclic) bond motifs is 1. The number of nitrogens with zero attached hydrogens (tertiary/aromatic N) is 2. The number of thioether (sulfide) groups is 1. The lowest BCUT2D eigenvalue weighted by atomic mass is 10.3. The monoisotopic (exact) mass is 344 g/mol. The van der Waals surface area contributed by atoms with E-state index in [0.29, 0.717) is 6.42 Å². The molecule has 0 bridgehead atoms. The minimum atomic E-state index is -0.612. The number of aliphatic hydroxyl groups is 1. The zero-order chi connectivity index (χ0) is 16.0. The molecule has 2 unspecified atom stereocenters. The average Bonchev–Trinajstić information content (AvgIpc) is 2.98. The van der Waals surface area contributed by atoms with Crippen LogP contribution in [0, 0.1) is 0 Å². The number of aromatic nitrogens is 3. The van der Waals surface area contributed by atoms with Crippen LogP contribution in [0.1, 0.15) is 26.5 Å². The van der Waals surface area contributed by atoms with E-state index in [1.165, 1.54) is 16.3 Å². The van der Waals surface area contributed by atoms with E-state index in [9.17, 15) is 14.7 Å². The predicted molar refractivity (Wildman–Crippen MR) is 86.2 cm³/mol. The zero-order valence-corrected chi connectivity index (χ0v) is 13.6. The highest BCUT2D eigenvalue weighted by atomic mass is 32.2. The highest BCUT2D eigenvalue weighted by Gasteiger charge is 2.39. The first-order valence-electron chi connectivity index (χ1n) is 6.82. The SMILES string of the molecule is CC[C@H](O)C1OC(n2c(=O)sc3c(=O)[nH]c(N)nc32)[C@H](C)S1. The summed E-state index contributed by atoms with van der Waals surface area (Å²) in [6, 6.07) is 0. The van der Waals surface area contributed by atoms with Gasteiger partial charge in [0, 0.05) is 0 Å². The van der Waals surface area contributed by atoms with Crippen molar-refractivity contribution in [3.63, 3.8) is 0 Å². The maximum Gasteiger partial charge on any atom is 0.311 e. The number of hydrogen-bond acceptors (Lipinski definition) is 8. The molecular formula is C12H16N4O4S2. The third-order valence-corrected chi connectivity index (χ3v) is 5.80. The van der Waals surface area contributed by atoms with Gasteiger partial charge in [-0.2, -0.15) is 4.98 Å². The molecule has 2 aromatic rings. The van der Waals surface area contributed by atoms with E-state index >= 15 is 0 Å². The summed E-state index contributed by atoms with van der Waals surface area (Å²) < 4.78 is 7.40. The molecule has 1 aliphatic heterocycles. The summed E-state index contributed by atoms with van der Waals surface area (Å²) in [6.45, 7) is 3.77. The second-order valence-electron chi connectivity index (χ2n) is 5.05. The smallest absolute Gasteiger partial charge is 0.311 e. The lowest BCUT2D eigenvalue weighted by Crippen LogP contribution is -2.28. The van der Waals surface area contributed by atoms with Crippen LogP contribution < -0.4 is 16.2 Å². The van der Waals surface area contributed by atoms with Gasteiger partial charge in [-0.25, -0.2) is 0 Å². The standard InChI is InChI=1S/C12H16N4O4S2/c1-3-5(17)10-20-9(4(2)21-10)16-7-6(22-12(16)19)8(18)15-11(13)14-7/h4-5,9-10,17H,3H2,1-2H3,(H3,13,14,15,18)/t4-,5-,9?,10?/m0/s1. The Morgan fingerprint density at radius 2 is 2.27 bits per heavy atom. The Kier molecular flexibility index (Phi) is 4.02. The van der Waals surface area contributed by atoms with Crippen molar-refractivity contribution in [2.24, 2.45) is 0 Å². The van der Waals surface area contributed by atoms with E-state index in [0.717, 1.165) is 11.3 Å². The van der Waals surface area contributed by atoms with E-state index < -0.39 is 23.3 Å². The van der Waals surface area contributed by atoms with Crippen LogP contribution in [0.15, 0.2) is 9.59 Å². The van der Waals surface area contributed by atoms with Gasteiger partial charge in [-0.15, -0.1) is 11.8 Å². The molecule has 4 atom stereocenters. The van der Waals surface area contributed by atoms with Crippen LogP contribution in [0.2, 0.25) is 0 Å². The molecule has 0 spiro atoms. The largest absolute Gasteiger partial charge is 0.390 e. The van der Waals surface area contributed by atoms with Gasteiger partial charge >= 0.3 is 4.87 Å². The van der Waals surface area contributed by atoms with Crippen molar-refractivity contribution in [1.29, 1.82) is 0 Å². The van der Waals surface area contributed by atoms with Crippen LogP contribution in [0.25, 0.3) is 10.3 Å². The summed E-state index contributed by atoms with van der Waals surface area (Å²) in [6.07, 6.45) is -0.646. The van der Waals surface area contributed by atoms with Gasteiger partial charge in [0.25, 0.3) is 5.56 Å². The van der Waals surface area contributed by atoms with Crippen LogP contribution in [0.5, 0.6) is 0 Å². The van der Waals surface area contributed by atoms with Crippen LogP contribution in [-0.4, -0.2) is 36.4 Å². The Bertz CT molecular complexity index is 814. The first-order valence-corrected chi connectivity index (χ1v) is 8.58. The number of hydrogen-bond donors (Lipinski definition) is 3. The first-order chi connectivity index (χ1) is 10.4. The van der Waals surface area contributed by atoms with E-state index in [1.54, 1.807) is 0 Å². The molecule has 0 radical (unpaired) electrons. The molecule has 0 amide bonds. The van der Waals surface area contributed by atoms with Crippen LogP contribution in [0.4, 0.5) is 5.95 Å². The number of nitrogen functional groups attached to an aromatic ring is 1. The van der Waals surface area contributed by atoms with E-state index in [-0.39, 0.29) is 26.4 Å². The number of ether oxygens (including phenoxy) is 1. The third-order valence-electron chi connectivity index (χ3n) is 3.50. The Hall–Kier alpha value is -1.36. The molecule has 120 valence electrons. The van der Waals surface area contributed by atoms with Crippen LogP contribution in [-0.2, 0) is 4.74 Å². The van der Waals surface area contributed by atoms with Gasteiger partial charge in [0.05, 0.1) is 11.4 Å². The number of H-pyrrole nitrogens is 1. The fourth-order valence-corrected chi connectivity index (χ4v) is 4.51. The lowest BCUT2D eigenvalue weighted by Gasteiger charge is -2.17. The molecule has 1 aliphatic rings. The third kappa shape index (κ3) is 2.45. The molecule has 10 heteroatoms. The van der Waals surface area contributed by atoms with Crippen molar-refractivity contribution in [1.82, 2.24) is 14.5 Å². The highest BCUT2D eigenvalue weighted by molar-refractivity contribution is 8.00. The Morgan fingerprint density at radius 3 is 2.95 bits per heavy atom. The molecule has 1 saturated heterocycles. The number of aromatic amines is 1. The second kappa shape index (κ2) is 5.69. The molecule has 22 heavy (non-hydrogen) atoms. The van der Waals surface area contributed by atoms with Gasteiger partial charge in [0.1, 0.15) is 10.1 Å². The van der Waals surface area contributed by atoms with Crippen LogP contribution in [0.3, 0.4) is 0 Å². The Balaban J connectivity index is 2.09. The van der Waals surface area contributed by atoms with Gasteiger partial charge in [0.15, 0.2) is 11.9 Å². The van der Waals surface area contributed by atoms with Gasteiger partial charge in [0.2, 0.25) is 5.95 Å². The van der Waals surface area contributed by atoms with Gasteiger partial charge in [-0.1, -0.05) is 18.3 Å². The molecule has 8 nitrogen and oxygen atoms in total. The number of thiazole rings is 1. The average molecular weight is 344 g/mol. The van der Waals surface area contributed by atoms with Gasteiger partial charge in [-0.05, 0) is 13.3 Å². The molecule has 3 heterocycles. The molecule has 3 rings (SSSR count). The lowest BCUT2D eigenvalue weighted by molar-refractivity contribution is -0.0456. The molecular weight excluding hydrogens is 328 g/mol. The number of aliphatic hydroxyl groups excluding tert-OH is 1. The summed E-state index contributed by atoms with van der Waals surface area (Å²) >= 11 is 2.27. The minimum Gasteiger partial charge on any atom is -0.390 e. The maximum atomic E-state index is 12.3. The van der Waals surface area contributed by atoms with E-state index in [2.05, 4.69) is 9.97 Å². The number of anilines is 1. The molecule has 4 N–H and O–H groups in total. The van der Waals surface area contributed by atoms with Crippen molar-refractivity contribution in [3.8, 4) is 0 Å². The van der Waals surface area contributed by atoms with E-state index in [4.69, 9.17) is 10.5 Å². The van der Waals surface area contributed by atoms with Crippen LogP contribution >= 0.6 is 23.1 Å². The molecule has 0 aromatic carbocycles. The highest BCUT2D eigenvalue weighted by Crippen LogP contribution is 2.41. The van der Waals surface area contributed by atoms with Crippen molar-refractivity contribution >= 4 is 39.4 Å². The fraction of sp³-hybridized carbons (Fsp3) is 0.583. The summed E-state index contributed by atoms with van der Waals surface area (Å²) in [4.78, 5) is 30.3. The Morgan fingerprint density at radius 1 is 1.55 bits per heavy atom. The predicted octanol–water partition coefficient (Wildman–Crippen LogP) is 0.476. The molecule has 0 saturated carbocycles. The molecule has 1 fully saturated rings. The maximum absolute atomic E-state index is 12.3. The van der Waals surface area contributed by atoms with E-state index in [1.807, 2.05) is 13.8 Å². The topological polar surface area (TPSA) is 123 Å². The van der Waals surface area contributed by atoms with Gasteiger partial charge < -0.3 is 15.6 Å².